The molecule has 0 spiro atoms. The minimum absolute atomic E-state index is 0.225. The number of nitrogens with zero attached hydrogens (tertiary/aromatic N) is 1. The molecule has 0 atom stereocenters. The van der Waals surface area contributed by atoms with Gasteiger partial charge in [-0.1, -0.05) is 18.2 Å². The van der Waals surface area contributed by atoms with Crippen LogP contribution in [0.2, 0.25) is 0 Å². The van der Waals surface area contributed by atoms with Gasteiger partial charge >= 0.3 is 0 Å². The number of benzene rings is 2. The van der Waals surface area contributed by atoms with Crippen molar-refractivity contribution in [1.29, 1.82) is 0 Å². The summed E-state index contributed by atoms with van der Waals surface area (Å²) >= 11 is 5.48. The van der Waals surface area contributed by atoms with E-state index < -0.39 is 0 Å². The van der Waals surface area contributed by atoms with Gasteiger partial charge in [0.1, 0.15) is 11.5 Å². The van der Waals surface area contributed by atoms with E-state index in [1.54, 1.807) is 49.8 Å². The molecule has 132 valence electrons. The number of carbonyl (C=O) groups is 1. The zero-order valence-corrected chi connectivity index (χ0v) is 15.0. The number of amides is 1. The lowest BCUT2D eigenvalue weighted by molar-refractivity contribution is 0.0835. The van der Waals surface area contributed by atoms with E-state index in [1.807, 2.05) is 30.3 Å². The highest BCUT2D eigenvalue weighted by Gasteiger charge is 2.21. The van der Waals surface area contributed by atoms with Gasteiger partial charge in [0.25, 0.3) is 5.91 Å². The van der Waals surface area contributed by atoms with Crippen molar-refractivity contribution in [2.24, 2.45) is 0 Å². The third-order valence-corrected chi connectivity index (χ3v) is 4.07. The molecule has 0 radical (unpaired) electrons. The Bertz CT molecular complexity index is 862. The highest BCUT2D eigenvalue weighted by molar-refractivity contribution is 7.80. The number of methoxy groups -OCH3 is 1. The topological polar surface area (TPSA) is 54.7 Å². The van der Waals surface area contributed by atoms with Gasteiger partial charge in [-0.2, -0.15) is 0 Å². The highest BCUT2D eigenvalue weighted by atomic mass is 32.1. The fourth-order valence-electron chi connectivity index (χ4n) is 2.40. The molecule has 0 aliphatic carbocycles. The van der Waals surface area contributed by atoms with Gasteiger partial charge in [-0.25, -0.2) is 0 Å². The SMILES string of the molecule is COc1ccc(C(=O)N(Cc2ccco2)C(=S)Nc2ccccc2)cc1. The smallest absolute Gasteiger partial charge is 0.260 e. The van der Waals surface area contributed by atoms with Crippen molar-refractivity contribution < 1.29 is 13.9 Å². The highest BCUT2D eigenvalue weighted by Crippen LogP contribution is 2.17. The van der Waals surface area contributed by atoms with E-state index in [4.69, 9.17) is 21.4 Å². The van der Waals surface area contributed by atoms with E-state index in [9.17, 15) is 4.79 Å². The average molecular weight is 366 g/mol. The normalized spacial score (nSPS) is 10.2. The van der Waals surface area contributed by atoms with Crippen LogP contribution >= 0.6 is 12.2 Å². The van der Waals surface area contributed by atoms with Crippen molar-refractivity contribution in [3.8, 4) is 5.75 Å². The summed E-state index contributed by atoms with van der Waals surface area (Å²) in [5, 5.41) is 3.40. The van der Waals surface area contributed by atoms with Crippen molar-refractivity contribution in [3.05, 3.63) is 84.3 Å². The van der Waals surface area contributed by atoms with Gasteiger partial charge in [0.05, 0.1) is 19.9 Å². The van der Waals surface area contributed by atoms with Gasteiger partial charge in [-0.3, -0.25) is 9.69 Å². The van der Waals surface area contributed by atoms with Crippen molar-refractivity contribution in [2.75, 3.05) is 12.4 Å². The van der Waals surface area contributed by atoms with E-state index >= 15 is 0 Å². The largest absolute Gasteiger partial charge is 0.497 e. The fraction of sp³-hybridized carbons (Fsp3) is 0.100. The van der Waals surface area contributed by atoms with E-state index in [2.05, 4.69) is 5.32 Å². The molecule has 1 N–H and O–H groups in total. The Hall–Kier alpha value is -3.12. The average Bonchev–Trinajstić information content (AvgIpc) is 3.19. The molecule has 3 aromatic rings. The molecule has 6 heteroatoms. The number of rotatable bonds is 5. The molecule has 0 bridgehead atoms. The maximum Gasteiger partial charge on any atom is 0.260 e. The number of nitrogens with one attached hydrogen (secondary N) is 1. The van der Waals surface area contributed by atoms with Crippen LogP contribution in [0.4, 0.5) is 5.69 Å². The number of para-hydroxylation sites is 1. The van der Waals surface area contributed by atoms with Crippen LogP contribution in [-0.4, -0.2) is 23.0 Å². The summed E-state index contributed by atoms with van der Waals surface area (Å²) in [6.45, 7) is 0.233. The number of thiocarbonyl (C=S) groups is 1. The molecule has 0 fully saturated rings. The van der Waals surface area contributed by atoms with E-state index in [0.717, 1.165) is 5.69 Å². The quantitative estimate of drug-likeness (QED) is 0.681. The summed E-state index contributed by atoms with van der Waals surface area (Å²) in [4.78, 5) is 14.5. The van der Waals surface area contributed by atoms with E-state index in [1.165, 1.54) is 4.90 Å². The van der Waals surface area contributed by atoms with Crippen LogP contribution in [0, 0.1) is 0 Å². The molecule has 0 unspecified atom stereocenters. The molecule has 1 amide bonds. The Morgan fingerprint density at radius 1 is 1.08 bits per heavy atom. The lowest BCUT2D eigenvalue weighted by atomic mass is 10.2. The van der Waals surface area contributed by atoms with Crippen LogP contribution in [0.5, 0.6) is 5.75 Å². The van der Waals surface area contributed by atoms with Crippen molar-refractivity contribution in [3.63, 3.8) is 0 Å². The molecule has 0 aliphatic heterocycles. The number of hydrogen-bond acceptors (Lipinski definition) is 4. The van der Waals surface area contributed by atoms with Crippen molar-refractivity contribution in [1.82, 2.24) is 4.90 Å². The Labute approximate surface area is 157 Å². The Morgan fingerprint density at radius 2 is 1.81 bits per heavy atom. The molecule has 0 aliphatic rings. The third kappa shape index (κ3) is 4.29. The minimum Gasteiger partial charge on any atom is -0.497 e. The number of hydrogen-bond donors (Lipinski definition) is 1. The maximum absolute atomic E-state index is 13.0. The van der Waals surface area contributed by atoms with Gasteiger partial charge in [-0.05, 0) is 60.7 Å². The molecule has 0 saturated carbocycles. The van der Waals surface area contributed by atoms with Gasteiger partial charge in [0.15, 0.2) is 5.11 Å². The standard InChI is InChI=1S/C20H18N2O3S/c1-24-17-11-9-15(10-12-17)19(23)22(14-18-8-5-13-25-18)20(26)21-16-6-3-2-4-7-16/h2-13H,14H2,1H3,(H,21,26). The Kier molecular flexibility index (Phi) is 5.66. The molecule has 5 nitrogen and oxygen atoms in total. The minimum atomic E-state index is -0.225. The Balaban J connectivity index is 1.84. The van der Waals surface area contributed by atoms with Gasteiger partial charge in [-0.15, -0.1) is 0 Å². The van der Waals surface area contributed by atoms with Crippen LogP contribution in [0.1, 0.15) is 16.1 Å². The summed E-state index contributed by atoms with van der Waals surface area (Å²) in [6, 6.07) is 20.0. The maximum atomic E-state index is 13.0. The summed E-state index contributed by atoms with van der Waals surface area (Å²) in [6.07, 6.45) is 1.57. The first-order chi connectivity index (χ1) is 12.7. The summed E-state index contributed by atoms with van der Waals surface area (Å²) in [5.74, 6) is 1.10. The van der Waals surface area contributed by atoms with Crippen molar-refractivity contribution in [2.45, 2.75) is 6.54 Å². The predicted octanol–water partition coefficient (Wildman–Crippen LogP) is 4.33. The number of carbonyl (C=O) groups excluding carboxylic acids is 1. The van der Waals surface area contributed by atoms with Gasteiger partial charge in [0, 0.05) is 11.3 Å². The second kappa shape index (κ2) is 8.31. The van der Waals surface area contributed by atoms with Crippen LogP contribution in [0.25, 0.3) is 0 Å². The second-order valence-corrected chi connectivity index (χ2v) is 5.88. The van der Waals surface area contributed by atoms with Crippen LogP contribution < -0.4 is 10.1 Å². The number of ether oxygens (including phenoxy) is 1. The number of anilines is 1. The molecule has 26 heavy (non-hydrogen) atoms. The van der Waals surface area contributed by atoms with E-state index in [-0.39, 0.29) is 12.5 Å². The predicted molar refractivity (Wildman–Crippen MR) is 104 cm³/mol. The molecule has 3 rings (SSSR count). The van der Waals surface area contributed by atoms with Crippen molar-refractivity contribution >= 4 is 28.9 Å². The molecular weight excluding hydrogens is 348 g/mol. The second-order valence-electron chi connectivity index (χ2n) is 5.50. The van der Waals surface area contributed by atoms with Crippen LogP contribution in [-0.2, 0) is 6.54 Å². The lowest BCUT2D eigenvalue weighted by Crippen LogP contribution is -2.39. The zero-order valence-electron chi connectivity index (χ0n) is 14.2. The summed E-state index contributed by atoms with van der Waals surface area (Å²) < 4.78 is 10.5. The first kappa shape index (κ1) is 17.7. The zero-order chi connectivity index (χ0) is 18.4. The van der Waals surface area contributed by atoms with Gasteiger partial charge < -0.3 is 14.5 Å². The first-order valence-corrected chi connectivity index (χ1v) is 8.42. The van der Waals surface area contributed by atoms with Crippen LogP contribution in [0.3, 0.4) is 0 Å². The van der Waals surface area contributed by atoms with Crippen LogP contribution in [0.15, 0.2) is 77.4 Å². The molecule has 0 saturated heterocycles. The molecule has 1 aromatic heterocycles. The molecule has 2 aromatic carbocycles. The number of furan rings is 1. The molecular formula is C20H18N2O3S. The monoisotopic (exact) mass is 366 g/mol. The van der Waals surface area contributed by atoms with Gasteiger partial charge in [0.2, 0.25) is 0 Å². The fourth-order valence-corrected chi connectivity index (χ4v) is 2.66. The first-order valence-electron chi connectivity index (χ1n) is 8.01. The Morgan fingerprint density at radius 3 is 2.42 bits per heavy atom. The summed E-state index contributed by atoms with van der Waals surface area (Å²) in [5.41, 5.74) is 1.32. The lowest BCUT2D eigenvalue weighted by Gasteiger charge is -2.23. The third-order valence-electron chi connectivity index (χ3n) is 3.75. The summed E-state index contributed by atoms with van der Waals surface area (Å²) in [7, 11) is 1.58. The molecule has 1 heterocycles. The van der Waals surface area contributed by atoms with E-state index in [0.29, 0.717) is 22.2 Å².